The van der Waals surface area contributed by atoms with Gasteiger partial charge in [-0.3, -0.25) is 4.98 Å². The van der Waals surface area contributed by atoms with Crippen LogP contribution in [0, 0.1) is 11.3 Å². The number of nitrogens with zero attached hydrogens (tertiary/aromatic N) is 2. The van der Waals surface area contributed by atoms with Crippen molar-refractivity contribution in [1.29, 1.82) is 5.26 Å². The molecule has 2 nitrogen and oxygen atoms in total. The van der Waals surface area contributed by atoms with E-state index in [-0.39, 0.29) is 0 Å². The molecule has 0 radical (unpaired) electrons. The summed E-state index contributed by atoms with van der Waals surface area (Å²) in [5.41, 5.74) is 0.309. The van der Waals surface area contributed by atoms with Crippen molar-refractivity contribution in [3.63, 3.8) is 0 Å². The highest BCUT2D eigenvalue weighted by Gasteiger charge is 2.30. The maximum Gasteiger partial charge on any atom is 0.416 e. The van der Waals surface area contributed by atoms with Crippen LogP contribution in [0.2, 0.25) is 0 Å². The lowest BCUT2D eigenvalue weighted by atomic mass is 10.1. The molecule has 0 aliphatic rings. The van der Waals surface area contributed by atoms with E-state index in [1.54, 1.807) is 0 Å². The number of hydrogen-bond acceptors (Lipinski definition) is 2. The largest absolute Gasteiger partial charge is 0.416 e. The molecule has 0 fully saturated rings. The fraction of sp³-hybridized carbons (Fsp3) is 0.0769. The number of rotatable bonds is 1. The summed E-state index contributed by atoms with van der Waals surface area (Å²) in [6.07, 6.45) is -2.99. The highest BCUT2D eigenvalue weighted by atomic mass is 19.4. The number of pyridine rings is 1. The van der Waals surface area contributed by atoms with E-state index in [0.29, 0.717) is 16.8 Å². The van der Waals surface area contributed by atoms with Gasteiger partial charge in [-0.15, -0.1) is 0 Å². The van der Waals surface area contributed by atoms with Crippen LogP contribution >= 0.6 is 0 Å². The van der Waals surface area contributed by atoms with Crippen molar-refractivity contribution in [3.05, 3.63) is 53.7 Å². The van der Waals surface area contributed by atoms with Gasteiger partial charge in [-0.2, -0.15) is 18.4 Å². The molecular formula is C13H7F3N2. The van der Waals surface area contributed by atoms with Gasteiger partial charge in [-0.1, -0.05) is 12.1 Å². The van der Waals surface area contributed by atoms with Crippen LogP contribution in [0.5, 0.6) is 0 Å². The average molecular weight is 248 g/mol. The first-order valence-electron chi connectivity index (χ1n) is 5.04. The minimum Gasteiger partial charge on any atom is -0.256 e. The minimum absolute atomic E-state index is 0.335. The zero-order chi connectivity index (χ0) is 13.2. The summed E-state index contributed by atoms with van der Waals surface area (Å²) in [6, 6.07) is 9.73. The standard InChI is InChI=1S/C13H7F3N2/c14-13(15,16)11-3-1-2-10(7-11)12-6-9(8-17)4-5-18-12/h1-7H. The van der Waals surface area contributed by atoms with Crippen molar-refractivity contribution in [2.75, 3.05) is 0 Å². The molecule has 1 aromatic heterocycles. The summed E-state index contributed by atoms with van der Waals surface area (Å²) < 4.78 is 37.7. The van der Waals surface area contributed by atoms with Gasteiger partial charge in [0.1, 0.15) is 0 Å². The predicted molar refractivity (Wildman–Crippen MR) is 59.4 cm³/mol. The Bertz CT molecular complexity index is 612. The SMILES string of the molecule is N#Cc1ccnc(-c2cccc(C(F)(F)F)c2)c1. The third-order valence-corrected chi connectivity index (χ3v) is 2.37. The number of nitriles is 1. The van der Waals surface area contributed by atoms with Gasteiger partial charge >= 0.3 is 6.18 Å². The van der Waals surface area contributed by atoms with Crippen molar-refractivity contribution < 1.29 is 13.2 Å². The molecule has 90 valence electrons. The van der Waals surface area contributed by atoms with Crippen molar-refractivity contribution in [2.45, 2.75) is 6.18 Å². The van der Waals surface area contributed by atoms with Crippen LogP contribution in [0.3, 0.4) is 0 Å². The Kier molecular flexibility index (Phi) is 3.02. The van der Waals surface area contributed by atoms with Crippen LogP contribution in [0.1, 0.15) is 11.1 Å². The number of hydrogen-bond donors (Lipinski definition) is 0. The number of aromatic nitrogens is 1. The molecule has 1 heterocycles. The predicted octanol–water partition coefficient (Wildman–Crippen LogP) is 3.64. The summed E-state index contributed by atoms with van der Waals surface area (Å²) in [6.45, 7) is 0. The van der Waals surface area contributed by atoms with E-state index in [0.717, 1.165) is 12.1 Å². The number of alkyl halides is 3. The topological polar surface area (TPSA) is 36.7 Å². The van der Waals surface area contributed by atoms with Gasteiger partial charge in [-0.25, -0.2) is 0 Å². The van der Waals surface area contributed by atoms with Crippen molar-refractivity contribution in [3.8, 4) is 17.3 Å². The first kappa shape index (κ1) is 12.1. The second-order valence-electron chi connectivity index (χ2n) is 3.62. The quantitative estimate of drug-likeness (QED) is 0.772. The first-order chi connectivity index (χ1) is 8.50. The fourth-order valence-electron chi connectivity index (χ4n) is 1.51. The summed E-state index contributed by atoms with van der Waals surface area (Å²) in [7, 11) is 0. The van der Waals surface area contributed by atoms with Gasteiger partial charge < -0.3 is 0 Å². The smallest absolute Gasteiger partial charge is 0.256 e. The Morgan fingerprint density at radius 3 is 2.56 bits per heavy atom. The van der Waals surface area contributed by atoms with E-state index in [2.05, 4.69) is 4.98 Å². The molecule has 18 heavy (non-hydrogen) atoms. The van der Waals surface area contributed by atoms with Gasteiger partial charge in [0.2, 0.25) is 0 Å². The molecule has 0 N–H and O–H groups in total. The molecule has 1 aromatic carbocycles. The van der Waals surface area contributed by atoms with Crippen LogP contribution in [0.4, 0.5) is 13.2 Å². The molecular weight excluding hydrogens is 241 g/mol. The summed E-state index contributed by atoms with van der Waals surface area (Å²) in [5, 5.41) is 8.74. The molecule has 2 rings (SSSR count). The zero-order valence-corrected chi connectivity index (χ0v) is 9.07. The van der Waals surface area contributed by atoms with Crippen molar-refractivity contribution >= 4 is 0 Å². The Hall–Kier alpha value is -2.35. The van der Waals surface area contributed by atoms with Gasteiger partial charge in [-0.05, 0) is 24.3 Å². The molecule has 0 aliphatic heterocycles. The maximum atomic E-state index is 12.6. The third kappa shape index (κ3) is 2.48. The average Bonchev–Trinajstić information content (AvgIpc) is 2.38. The zero-order valence-electron chi connectivity index (χ0n) is 9.07. The van der Waals surface area contributed by atoms with Crippen LogP contribution in [-0.4, -0.2) is 4.98 Å². The van der Waals surface area contributed by atoms with Crippen LogP contribution in [0.15, 0.2) is 42.6 Å². The van der Waals surface area contributed by atoms with E-state index >= 15 is 0 Å². The fourth-order valence-corrected chi connectivity index (χ4v) is 1.51. The highest BCUT2D eigenvalue weighted by molar-refractivity contribution is 5.61. The lowest BCUT2D eigenvalue weighted by molar-refractivity contribution is -0.137. The van der Waals surface area contributed by atoms with E-state index in [1.165, 1.54) is 30.5 Å². The molecule has 0 spiro atoms. The van der Waals surface area contributed by atoms with Crippen LogP contribution in [-0.2, 0) is 6.18 Å². The maximum absolute atomic E-state index is 12.6. The van der Waals surface area contributed by atoms with Crippen molar-refractivity contribution in [2.24, 2.45) is 0 Å². The van der Waals surface area contributed by atoms with Crippen molar-refractivity contribution in [1.82, 2.24) is 4.98 Å². The summed E-state index contributed by atoms with van der Waals surface area (Å²) >= 11 is 0. The highest BCUT2D eigenvalue weighted by Crippen LogP contribution is 2.31. The molecule has 0 saturated carbocycles. The van der Waals surface area contributed by atoms with Gasteiger partial charge in [0.25, 0.3) is 0 Å². The van der Waals surface area contributed by atoms with E-state index in [1.807, 2.05) is 6.07 Å². The van der Waals surface area contributed by atoms with Gasteiger partial charge in [0, 0.05) is 11.8 Å². The second kappa shape index (κ2) is 4.49. The second-order valence-corrected chi connectivity index (χ2v) is 3.62. The molecule has 5 heteroatoms. The van der Waals surface area contributed by atoms with E-state index < -0.39 is 11.7 Å². The van der Waals surface area contributed by atoms with E-state index in [4.69, 9.17) is 5.26 Å². The lowest BCUT2D eigenvalue weighted by Crippen LogP contribution is -2.04. The third-order valence-electron chi connectivity index (χ3n) is 2.37. The van der Waals surface area contributed by atoms with E-state index in [9.17, 15) is 13.2 Å². The molecule has 0 saturated heterocycles. The monoisotopic (exact) mass is 248 g/mol. The minimum atomic E-state index is -4.39. The first-order valence-corrected chi connectivity index (χ1v) is 5.04. The molecule has 0 bridgehead atoms. The Morgan fingerprint density at radius 1 is 1.11 bits per heavy atom. The summed E-state index contributed by atoms with van der Waals surface area (Å²) in [4.78, 5) is 3.96. The molecule has 0 atom stereocenters. The molecule has 0 unspecified atom stereocenters. The van der Waals surface area contributed by atoms with Crippen LogP contribution in [0.25, 0.3) is 11.3 Å². The Labute approximate surface area is 101 Å². The molecule has 2 aromatic rings. The molecule has 0 aliphatic carbocycles. The lowest BCUT2D eigenvalue weighted by Gasteiger charge is -2.08. The molecule has 0 amide bonds. The number of halogens is 3. The van der Waals surface area contributed by atoms with Crippen LogP contribution < -0.4 is 0 Å². The normalized spacial score (nSPS) is 11.0. The van der Waals surface area contributed by atoms with Gasteiger partial charge in [0.05, 0.1) is 22.9 Å². The number of benzene rings is 1. The van der Waals surface area contributed by atoms with Gasteiger partial charge in [0.15, 0.2) is 0 Å². The Morgan fingerprint density at radius 2 is 1.89 bits per heavy atom. The summed E-state index contributed by atoms with van der Waals surface area (Å²) in [5.74, 6) is 0. The Balaban J connectivity index is 2.48.